The molecule has 0 nitrogen and oxygen atoms in total. The van der Waals surface area contributed by atoms with Crippen LogP contribution in [0.3, 0.4) is 0 Å². The van der Waals surface area contributed by atoms with Gasteiger partial charge in [-0.1, -0.05) is 42.5 Å². The quantitative estimate of drug-likeness (QED) is 0.512. The van der Waals surface area contributed by atoms with Gasteiger partial charge >= 0.3 is 0 Å². The Labute approximate surface area is 131 Å². The van der Waals surface area contributed by atoms with Gasteiger partial charge in [0.25, 0.3) is 0 Å². The molecule has 3 aromatic rings. The normalized spacial score (nSPS) is 16.0. The number of fused-ring (bicyclic) bond motifs is 6. The molecular weight excluding hydrogens is 264 g/mol. The van der Waals surface area contributed by atoms with Crippen molar-refractivity contribution in [2.24, 2.45) is 0 Å². The van der Waals surface area contributed by atoms with E-state index in [2.05, 4.69) is 48.5 Å². The van der Waals surface area contributed by atoms with Crippen molar-refractivity contribution in [2.45, 2.75) is 38.5 Å². The first-order chi connectivity index (χ1) is 10.9. The van der Waals surface area contributed by atoms with Crippen molar-refractivity contribution in [1.29, 1.82) is 0 Å². The van der Waals surface area contributed by atoms with Crippen LogP contribution < -0.4 is 0 Å². The van der Waals surface area contributed by atoms with E-state index in [1.807, 2.05) is 0 Å². The third-order valence-electron chi connectivity index (χ3n) is 5.55. The lowest BCUT2D eigenvalue weighted by molar-refractivity contribution is 0.690. The number of hydrogen-bond donors (Lipinski definition) is 0. The molecule has 0 amide bonds. The predicted octanol–water partition coefficient (Wildman–Crippen LogP) is 5.48. The maximum absolute atomic E-state index is 2.49. The Morgan fingerprint density at radius 2 is 1.45 bits per heavy atom. The van der Waals surface area contributed by atoms with Gasteiger partial charge in [-0.2, -0.15) is 0 Å². The summed E-state index contributed by atoms with van der Waals surface area (Å²) in [5.74, 6) is 0. The minimum Gasteiger partial charge on any atom is -0.0620 e. The molecule has 0 saturated carbocycles. The molecule has 0 heterocycles. The van der Waals surface area contributed by atoms with Crippen molar-refractivity contribution in [3.63, 3.8) is 0 Å². The first kappa shape index (κ1) is 12.5. The van der Waals surface area contributed by atoms with Gasteiger partial charge in [0.1, 0.15) is 0 Å². The molecule has 108 valence electrons. The molecule has 0 aliphatic heterocycles. The summed E-state index contributed by atoms with van der Waals surface area (Å²) in [5, 5.41) is 2.95. The highest BCUT2D eigenvalue weighted by molar-refractivity contribution is 5.93. The zero-order chi connectivity index (χ0) is 14.5. The van der Waals surface area contributed by atoms with Crippen LogP contribution in [0.25, 0.3) is 21.9 Å². The number of aryl methyl sites for hydroxylation is 4. The molecule has 0 aromatic heterocycles. The lowest BCUT2D eigenvalue weighted by Gasteiger charge is -2.23. The van der Waals surface area contributed by atoms with Gasteiger partial charge in [0.05, 0.1) is 0 Å². The van der Waals surface area contributed by atoms with Gasteiger partial charge in [0.15, 0.2) is 0 Å². The van der Waals surface area contributed by atoms with Gasteiger partial charge in [-0.25, -0.2) is 0 Å². The lowest BCUT2D eigenvalue weighted by Crippen LogP contribution is -2.06. The summed E-state index contributed by atoms with van der Waals surface area (Å²) >= 11 is 0. The summed E-state index contributed by atoms with van der Waals surface area (Å²) in [7, 11) is 0. The third kappa shape index (κ3) is 1.76. The first-order valence-electron chi connectivity index (χ1n) is 8.56. The second kappa shape index (κ2) is 4.71. The minimum absolute atomic E-state index is 1.18. The fraction of sp³-hybridized carbons (Fsp3) is 0.273. The van der Waals surface area contributed by atoms with Gasteiger partial charge in [-0.3, -0.25) is 0 Å². The Morgan fingerprint density at radius 1 is 0.591 bits per heavy atom. The Kier molecular flexibility index (Phi) is 2.67. The summed E-state index contributed by atoms with van der Waals surface area (Å²) in [4.78, 5) is 0. The molecule has 0 spiro atoms. The second-order valence-corrected chi connectivity index (χ2v) is 6.80. The monoisotopic (exact) mass is 284 g/mol. The van der Waals surface area contributed by atoms with E-state index in [1.54, 1.807) is 11.1 Å². The predicted molar refractivity (Wildman–Crippen MR) is 93.4 cm³/mol. The Balaban J connectivity index is 1.82. The maximum Gasteiger partial charge on any atom is -0.0143 e. The van der Waals surface area contributed by atoms with Crippen molar-refractivity contribution in [2.75, 3.05) is 0 Å². The van der Waals surface area contributed by atoms with E-state index >= 15 is 0 Å². The van der Waals surface area contributed by atoms with Crippen LogP contribution in [0.2, 0.25) is 0 Å². The van der Waals surface area contributed by atoms with Crippen molar-refractivity contribution in [3.8, 4) is 11.1 Å². The van der Waals surface area contributed by atoms with Crippen LogP contribution in [0.5, 0.6) is 0 Å². The zero-order valence-corrected chi connectivity index (χ0v) is 12.9. The van der Waals surface area contributed by atoms with Crippen LogP contribution in [0.4, 0.5) is 0 Å². The molecule has 0 fully saturated rings. The minimum atomic E-state index is 1.18. The average molecular weight is 284 g/mol. The van der Waals surface area contributed by atoms with Gasteiger partial charge in [0.2, 0.25) is 0 Å². The molecule has 0 unspecified atom stereocenters. The molecule has 0 saturated heterocycles. The Hall–Kier alpha value is -2.08. The van der Waals surface area contributed by atoms with Crippen LogP contribution in [-0.4, -0.2) is 0 Å². The largest absolute Gasteiger partial charge is 0.0620 e. The fourth-order valence-corrected chi connectivity index (χ4v) is 4.40. The van der Waals surface area contributed by atoms with Crippen molar-refractivity contribution in [1.82, 2.24) is 0 Å². The number of rotatable bonds is 0. The molecule has 0 atom stereocenters. The smallest absolute Gasteiger partial charge is 0.0143 e. The Morgan fingerprint density at radius 3 is 2.45 bits per heavy atom. The highest BCUT2D eigenvalue weighted by Crippen LogP contribution is 2.38. The third-order valence-corrected chi connectivity index (χ3v) is 5.55. The number of benzene rings is 3. The van der Waals surface area contributed by atoms with Crippen LogP contribution in [-0.2, 0) is 25.7 Å². The first-order valence-corrected chi connectivity index (χ1v) is 8.56. The van der Waals surface area contributed by atoms with Gasteiger partial charge in [-0.05, 0) is 88.7 Å². The van der Waals surface area contributed by atoms with E-state index in [0.29, 0.717) is 0 Å². The van der Waals surface area contributed by atoms with E-state index < -0.39 is 0 Å². The SMILES string of the molecule is c1ccc2c(c1)CCc1cc3ccc4c(c3cc1-2)CCCC4. The molecule has 2 aliphatic carbocycles. The van der Waals surface area contributed by atoms with Crippen LogP contribution in [0.15, 0.2) is 48.5 Å². The van der Waals surface area contributed by atoms with Crippen molar-refractivity contribution in [3.05, 3.63) is 70.8 Å². The van der Waals surface area contributed by atoms with E-state index in [9.17, 15) is 0 Å². The zero-order valence-electron chi connectivity index (χ0n) is 12.9. The van der Waals surface area contributed by atoms with E-state index in [-0.39, 0.29) is 0 Å². The molecule has 0 N–H and O–H groups in total. The lowest BCUT2D eigenvalue weighted by atomic mass is 9.81. The highest BCUT2D eigenvalue weighted by Gasteiger charge is 2.18. The van der Waals surface area contributed by atoms with Crippen LogP contribution >= 0.6 is 0 Å². The standard InChI is InChI=1S/C22H20/c1-3-7-19-15(5-1)9-11-17-13-18-12-10-16-6-2-4-8-20(16)22(18)14-21(17)19/h1,3,5,7,10,12-14H,2,4,6,8-9,11H2. The van der Waals surface area contributed by atoms with Crippen molar-refractivity contribution < 1.29 is 0 Å². The summed E-state index contributed by atoms with van der Waals surface area (Å²) in [6.07, 6.45) is 7.58. The van der Waals surface area contributed by atoms with Gasteiger partial charge < -0.3 is 0 Å². The van der Waals surface area contributed by atoms with E-state index in [4.69, 9.17) is 0 Å². The highest BCUT2D eigenvalue weighted by atomic mass is 14.2. The topological polar surface area (TPSA) is 0 Å². The summed E-state index contributed by atoms with van der Waals surface area (Å²) in [6.45, 7) is 0. The summed E-state index contributed by atoms with van der Waals surface area (Å²) in [6, 6.07) is 18.6. The molecular formula is C22H20. The van der Waals surface area contributed by atoms with Gasteiger partial charge in [-0.15, -0.1) is 0 Å². The van der Waals surface area contributed by atoms with E-state index in [0.717, 1.165) is 0 Å². The molecule has 0 bridgehead atoms. The number of hydrogen-bond acceptors (Lipinski definition) is 0. The summed E-state index contributed by atoms with van der Waals surface area (Å²) < 4.78 is 0. The Bertz CT molecular complexity index is 886. The molecule has 3 aromatic carbocycles. The average Bonchev–Trinajstić information content (AvgIpc) is 2.60. The summed E-state index contributed by atoms with van der Waals surface area (Å²) in [5.41, 5.74) is 9.19. The fourth-order valence-electron chi connectivity index (χ4n) is 4.40. The molecule has 2 aliphatic rings. The molecule has 22 heavy (non-hydrogen) atoms. The van der Waals surface area contributed by atoms with Crippen LogP contribution in [0.1, 0.15) is 35.1 Å². The van der Waals surface area contributed by atoms with Crippen molar-refractivity contribution >= 4 is 10.8 Å². The van der Waals surface area contributed by atoms with Crippen LogP contribution in [0, 0.1) is 0 Å². The molecule has 5 rings (SSSR count). The maximum atomic E-state index is 2.49. The van der Waals surface area contributed by atoms with Gasteiger partial charge in [0, 0.05) is 0 Å². The molecule has 0 radical (unpaired) electrons. The van der Waals surface area contributed by atoms with E-state index in [1.165, 1.54) is 71.6 Å². The molecule has 0 heteroatoms. The second-order valence-electron chi connectivity index (χ2n) is 6.80.